The first-order valence-corrected chi connectivity index (χ1v) is 2.88. The van der Waals surface area contributed by atoms with E-state index in [1.807, 2.05) is 26.0 Å². The molecule has 0 aliphatic carbocycles. The number of allylic oxidation sites excluding steroid dienone is 1. The van der Waals surface area contributed by atoms with Crippen LogP contribution >= 0.6 is 0 Å². The predicted octanol–water partition coefficient (Wildman–Crippen LogP) is 2.02. The maximum Gasteiger partial charge on any atom is 0.191 e. The molecule has 0 aliphatic heterocycles. The highest BCUT2D eigenvalue weighted by Crippen LogP contribution is 2.01. The lowest BCUT2D eigenvalue weighted by Gasteiger charge is -1.73. The molecule has 2 heteroatoms. The molecular formula is C7H9NO. The fourth-order valence-corrected chi connectivity index (χ4v) is 0.627. The third-order valence-corrected chi connectivity index (χ3v) is 0.974. The van der Waals surface area contributed by atoms with Crippen molar-refractivity contribution >= 4 is 6.08 Å². The van der Waals surface area contributed by atoms with Gasteiger partial charge in [0.2, 0.25) is 0 Å². The molecule has 1 aromatic rings. The van der Waals surface area contributed by atoms with E-state index in [0.29, 0.717) is 5.89 Å². The number of oxazole rings is 1. The van der Waals surface area contributed by atoms with Crippen LogP contribution in [0.4, 0.5) is 0 Å². The van der Waals surface area contributed by atoms with Crippen molar-refractivity contribution in [2.45, 2.75) is 13.8 Å². The second-order valence-electron chi connectivity index (χ2n) is 1.79. The van der Waals surface area contributed by atoms with Crippen molar-refractivity contribution in [3.8, 4) is 0 Å². The van der Waals surface area contributed by atoms with E-state index in [1.54, 1.807) is 6.26 Å². The first-order valence-electron chi connectivity index (χ1n) is 2.88. The maximum atomic E-state index is 4.95. The third-order valence-electron chi connectivity index (χ3n) is 0.974. The second kappa shape index (κ2) is 2.49. The van der Waals surface area contributed by atoms with Gasteiger partial charge in [0, 0.05) is 6.92 Å². The molecule has 1 heterocycles. The molecule has 0 aromatic carbocycles. The Labute approximate surface area is 54.2 Å². The first-order chi connectivity index (χ1) is 4.33. The lowest BCUT2D eigenvalue weighted by Crippen LogP contribution is -1.69. The summed E-state index contributed by atoms with van der Waals surface area (Å²) in [6, 6.07) is 0. The van der Waals surface area contributed by atoms with E-state index in [4.69, 9.17) is 4.42 Å². The van der Waals surface area contributed by atoms with Gasteiger partial charge in [-0.1, -0.05) is 6.08 Å². The minimum absolute atomic E-state index is 0.711. The zero-order chi connectivity index (χ0) is 6.69. The van der Waals surface area contributed by atoms with Crippen LogP contribution in [0.2, 0.25) is 0 Å². The number of hydrogen-bond donors (Lipinski definition) is 0. The van der Waals surface area contributed by atoms with Crippen molar-refractivity contribution in [2.24, 2.45) is 0 Å². The van der Waals surface area contributed by atoms with Crippen molar-refractivity contribution in [3.63, 3.8) is 0 Å². The van der Waals surface area contributed by atoms with Gasteiger partial charge in [0.1, 0.15) is 12.0 Å². The van der Waals surface area contributed by atoms with E-state index in [2.05, 4.69) is 4.98 Å². The average Bonchev–Trinajstić information content (AvgIpc) is 2.17. The summed E-state index contributed by atoms with van der Waals surface area (Å²) in [5, 5.41) is 0. The Bertz CT molecular complexity index is 212. The Morgan fingerprint density at radius 3 is 2.89 bits per heavy atom. The van der Waals surface area contributed by atoms with E-state index < -0.39 is 0 Å². The molecule has 1 aromatic heterocycles. The summed E-state index contributed by atoms with van der Waals surface area (Å²) >= 11 is 0. The van der Waals surface area contributed by atoms with Gasteiger partial charge in [-0.2, -0.15) is 0 Å². The molecule has 0 bridgehead atoms. The smallest absolute Gasteiger partial charge is 0.191 e. The molecule has 9 heavy (non-hydrogen) atoms. The summed E-state index contributed by atoms with van der Waals surface area (Å²) in [4.78, 5) is 4.05. The molecule has 0 saturated carbocycles. The van der Waals surface area contributed by atoms with E-state index in [1.165, 1.54) is 0 Å². The summed E-state index contributed by atoms with van der Waals surface area (Å²) < 4.78 is 4.95. The number of aromatic nitrogens is 1. The second-order valence-corrected chi connectivity index (χ2v) is 1.79. The highest BCUT2D eigenvalue weighted by Gasteiger charge is 1.91. The van der Waals surface area contributed by atoms with Crippen LogP contribution in [0.5, 0.6) is 0 Å². The zero-order valence-corrected chi connectivity index (χ0v) is 5.59. The van der Waals surface area contributed by atoms with Crippen molar-refractivity contribution < 1.29 is 4.42 Å². The normalized spacial score (nSPS) is 10.9. The van der Waals surface area contributed by atoms with Crippen molar-refractivity contribution in [1.29, 1.82) is 0 Å². The summed E-state index contributed by atoms with van der Waals surface area (Å²) in [5.41, 5.74) is 0.884. The van der Waals surface area contributed by atoms with Crippen molar-refractivity contribution in [1.82, 2.24) is 4.98 Å². The molecule has 0 radical (unpaired) electrons. The van der Waals surface area contributed by atoms with Crippen LogP contribution < -0.4 is 0 Å². The molecule has 0 atom stereocenters. The molecular weight excluding hydrogens is 114 g/mol. The number of aryl methyl sites for hydroxylation is 1. The van der Waals surface area contributed by atoms with Gasteiger partial charge in [0.05, 0.1) is 0 Å². The van der Waals surface area contributed by atoms with Gasteiger partial charge in [0.15, 0.2) is 5.89 Å². The van der Waals surface area contributed by atoms with Crippen LogP contribution in [-0.2, 0) is 0 Å². The van der Waals surface area contributed by atoms with Crippen LogP contribution in [0.25, 0.3) is 6.08 Å². The van der Waals surface area contributed by atoms with Crippen molar-refractivity contribution in [2.75, 3.05) is 0 Å². The van der Waals surface area contributed by atoms with Gasteiger partial charge >= 0.3 is 0 Å². The van der Waals surface area contributed by atoms with E-state index in [0.717, 1.165) is 5.69 Å². The topological polar surface area (TPSA) is 26.0 Å². The fourth-order valence-electron chi connectivity index (χ4n) is 0.627. The van der Waals surface area contributed by atoms with Gasteiger partial charge in [-0.05, 0) is 13.0 Å². The van der Waals surface area contributed by atoms with Gasteiger partial charge < -0.3 is 4.42 Å². The molecule has 0 aliphatic rings. The maximum absolute atomic E-state index is 4.95. The zero-order valence-electron chi connectivity index (χ0n) is 5.59. The molecule has 0 N–H and O–H groups in total. The van der Waals surface area contributed by atoms with E-state index in [-0.39, 0.29) is 0 Å². The molecule has 1 rings (SSSR count). The first kappa shape index (κ1) is 6.08. The standard InChI is InChI=1S/C7H9NO/c1-3-4-7-5-9-6(2)8-7/h3-5H,1-2H3/b4-3+. The molecule has 2 nitrogen and oxygen atoms in total. The molecule has 48 valence electrons. The largest absolute Gasteiger partial charge is 0.449 e. The predicted molar refractivity (Wildman–Crippen MR) is 35.9 cm³/mol. The molecule has 0 amide bonds. The SMILES string of the molecule is C/C=C/c1coc(C)n1. The third kappa shape index (κ3) is 1.42. The molecule has 0 saturated heterocycles. The Morgan fingerprint density at radius 2 is 2.44 bits per heavy atom. The average molecular weight is 123 g/mol. The van der Waals surface area contributed by atoms with Gasteiger partial charge in [0.25, 0.3) is 0 Å². The minimum Gasteiger partial charge on any atom is -0.449 e. The summed E-state index contributed by atoms with van der Waals surface area (Å²) in [6.45, 7) is 3.77. The van der Waals surface area contributed by atoms with Crippen molar-refractivity contribution in [3.05, 3.63) is 23.9 Å². The Morgan fingerprint density at radius 1 is 1.67 bits per heavy atom. The highest BCUT2D eigenvalue weighted by atomic mass is 16.3. The number of nitrogens with zero attached hydrogens (tertiary/aromatic N) is 1. The lowest BCUT2D eigenvalue weighted by molar-refractivity contribution is 0.521. The fraction of sp³-hybridized carbons (Fsp3) is 0.286. The highest BCUT2D eigenvalue weighted by molar-refractivity contribution is 5.41. The van der Waals surface area contributed by atoms with Crippen LogP contribution in [0.1, 0.15) is 18.5 Å². The van der Waals surface area contributed by atoms with E-state index >= 15 is 0 Å². The Kier molecular flexibility index (Phi) is 1.68. The summed E-state index contributed by atoms with van der Waals surface area (Å²) in [5.74, 6) is 0.711. The summed E-state index contributed by atoms with van der Waals surface area (Å²) in [7, 11) is 0. The quantitative estimate of drug-likeness (QED) is 0.571. The Hall–Kier alpha value is -1.05. The molecule has 0 spiro atoms. The number of hydrogen-bond acceptors (Lipinski definition) is 2. The van der Waals surface area contributed by atoms with Crippen LogP contribution in [-0.4, -0.2) is 4.98 Å². The lowest BCUT2D eigenvalue weighted by atomic mass is 10.4. The molecule has 0 unspecified atom stereocenters. The monoisotopic (exact) mass is 123 g/mol. The van der Waals surface area contributed by atoms with Crippen LogP contribution in [0, 0.1) is 6.92 Å². The minimum atomic E-state index is 0.711. The van der Waals surface area contributed by atoms with Crippen LogP contribution in [0.15, 0.2) is 16.8 Å². The summed E-state index contributed by atoms with van der Waals surface area (Å²) in [6.07, 6.45) is 5.46. The van der Waals surface area contributed by atoms with Gasteiger partial charge in [-0.25, -0.2) is 4.98 Å². The number of rotatable bonds is 1. The molecule has 0 fully saturated rings. The van der Waals surface area contributed by atoms with E-state index in [9.17, 15) is 0 Å². The van der Waals surface area contributed by atoms with Gasteiger partial charge in [-0.3, -0.25) is 0 Å². The van der Waals surface area contributed by atoms with Crippen LogP contribution in [0.3, 0.4) is 0 Å². The Balaban J connectivity index is 2.85. The van der Waals surface area contributed by atoms with Gasteiger partial charge in [-0.15, -0.1) is 0 Å².